The van der Waals surface area contributed by atoms with E-state index >= 15 is 0 Å². The lowest BCUT2D eigenvalue weighted by Gasteiger charge is -2.32. The fourth-order valence-electron chi connectivity index (χ4n) is 4.14. The first-order valence-corrected chi connectivity index (χ1v) is 11.4. The number of hydrogen-bond acceptors (Lipinski definition) is 4. The third-order valence-corrected chi connectivity index (χ3v) is 7.17. The van der Waals surface area contributed by atoms with E-state index in [-0.39, 0.29) is 12.1 Å². The molecule has 4 nitrogen and oxygen atoms in total. The van der Waals surface area contributed by atoms with Crippen molar-refractivity contribution in [3.8, 4) is 5.69 Å². The number of hydrogen-bond donors (Lipinski definition) is 0. The van der Waals surface area contributed by atoms with E-state index in [4.69, 9.17) is 4.99 Å². The highest BCUT2D eigenvalue weighted by Crippen LogP contribution is 2.48. The zero-order valence-electron chi connectivity index (χ0n) is 15.6. The lowest BCUT2D eigenvalue weighted by atomic mass is 9.99. The second-order valence-electron chi connectivity index (χ2n) is 7.12. The number of aliphatic imine (C=N–C) groups is 1. The Hall–Kier alpha value is -2.05. The van der Waals surface area contributed by atoms with Gasteiger partial charge in [-0.15, -0.1) is 0 Å². The van der Waals surface area contributed by atoms with E-state index in [0.717, 1.165) is 33.2 Å². The Bertz CT molecular complexity index is 999. The van der Waals surface area contributed by atoms with Gasteiger partial charge in [-0.25, -0.2) is 0 Å². The van der Waals surface area contributed by atoms with E-state index in [1.807, 2.05) is 24.0 Å². The van der Waals surface area contributed by atoms with Crippen LogP contribution in [0.5, 0.6) is 0 Å². The van der Waals surface area contributed by atoms with Crippen LogP contribution in [0.3, 0.4) is 0 Å². The molecule has 0 bridgehead atoms. The smallest absolute Gasteiger partial charge is 0.160 e. The highest BCUT2D eigenvalue weighted by molar-refractivity contribution is 9.10. The van der Waals surface area contributed by atoms with E-state index in [1.54, 1.807) is 0 Å². The summed E-state index contributed by atoms with van der Waals surface area (Å²) in [7, 11) is 0. The normalized spacial score (nSPS) is 23.7. The number of halogens is 1. The number of pyridine rings is 1. The largest absolute Gasteiger partial charge is 0.337 e. The van der Waals surface area contributed by atoms with Crippen molar-refractivity contribution < 1.29 is 0 Å². The van der Waals surface area contributed by atoms with Crippen molar-refractivity contribution in [3.05, 3.63) is 82.9 Å². The van der Waals surface area contributed by atoms with Crippen molar-refractivity contribution in [2.45, 2.75) is 31.5 Å². The van der Waals surface area contributed by atoms with Gasteiger partial charge in [0.25, 0.3) is 0 Å². The van der Waals surface area contributed by atoms with Gasteiger partial charge in [-0.2, -0.15) is 0 Å². The Balaban J connectivity index is 1.62. The van der Waals surface area contributed by atoms with Crippen LogP contribution in [-0.4, -0.2) is 31.4 Å². The van der Waals surface area contributed by atoms with Gasteiger partial charge in [0.05, 0.1) is 5.69 Å². The number of aromatic nitrogens is 2. The third kappa shape index (κ3) is 2.99. The van der Waals surface area contributed by atoms with Gasteiger partial charge in [0, 0.05) is 40.0 Å². The zero-order valence-corrected chi connectivity index (χ0v) is 18.0. The van der Waals surface area contributed by atoms with Crippen LogP contribution in [-0.2, 0) is 0 Å². The number of benzene rings is 1. The average Bonchev–Trinajstić information content (AvgIpc) is 3.44. The molecule has 2 aliphatic rings. The monoisotopic (exact) mass is 452 g/mol. The molecule has 3 atom stereocenters. The molecular formula is C22H21BrN4S. The first-order valence-electron chi connectivity index (χ1n) is 9.59. The van der Waals surface area contributed by atoms with Crippen LogP contribution in [0.4, 0.5) is 0 Å². The minimum absolute atomic E-state index is 0.0159. The fourth-order valence-corrected chi connectivity index (χ4v) is 5.74. The van der Waals surface area contributed by atoms with Gasteiger partial charge in [0.1, 0.15) is 12.1 Å². The van der Waals surface area contributed by atoms with Crippen molar-refractivity contribution in [3.63, 3.8) is 0 Å². The molecule has 1 fully saturated rings. The second kappa shape index (κ2) is 7.41. The zero-order chi connectivity index (χ0) is 19.1. The van der Waals surface area contributed by atoms with Crippen LogP contribution in [0.25, 0.3) is 5.69 Å². The Kier molecular flexibility index (Phi) is 4.77. The summed E-state index contributed by atoms with van der Waals surface area (Å²) in [5, 5.41) is 1.16. The first kappa shape index (κ1) is 18.0. The molecule has 6 heteroatoms. The molecule has 0 unspecified atom stereocenters. The van der Waals surface area contributed by atoms with Crippen molar-refractivity contribution in [2.24, 2.45) is 4.99 Å². The topological polar surface area (TPSA) is 33.4 Å². The molecule has 0 radical (unpaired) electrons. The number of nitrogens with zero attached hydrogens (tertiary/aromatic N) is 4. The third-order valence-electron chi connectivity index (χ3n) is 5.52. The summed E-state index contributed by atoms with van der Waals surface area (Å²) >= 11 is 5.42. The van der Waals surface area contributed by atoms with Gasteiger partial charge in [-0.3, -0.25) is 9.98 Å². The summed E-state index contributed by atoms with van der Waals surface area (Å²) in [6, 6.07) is 19.7. The second-order valence-corrected chi connectivity index (χ2v) is 9.02. The van der Waals surface area contributed by atoms with Gasteiger partial charge in [0.15, 0.2) is 5.17 Å². The van der Waals surface area contributed by atoms with E-state index in [1.165, 1.54) is 5.69 Å². The molecule has 0 spiro atoms. The predicted molar refractivity (Wildman–Crippen MR) is 119 cm³/mol. The summed E-state index contributed by atoms with van der Waals surface area (Å²) in [5.74, 6) is 1.11. The molecule has 3 aromatic rings. The lowest BCUT2D eigenvalue weighted by molar-refractivity contribution is 0.249. The van der Waals surface area contributed by atoms with E-state index in [9.17, 15) is 0 Å². The molecule has 0 aliphatic carbocycles. The van der Waals surface area contributed by atoms with Gasteiger partial charge in [-0.1, -0.05) is 40.7 Å². The highest BCUT2D eigenvalue weighted by atomic mass is 79.9. The minimum Gasteiger partial charge on any atom is -0.337 e. The predicted octanol–water partition coefficient (Wildman–Crippen LogP) is 5.61. The van der Waals surface area contributed by atoms with Crippen molar-refractivity contribution in [1.82, 2.24) is 14.5 Å². The SMILES string of the molecule is CC[C@H]1CSC2=N[C@@H](c3ccccn3)[C@@H](c3cccn3-c3ccc(Br)cc3)N21. The van der Waals surface area contributed by atoms with Crippen LogP contribution in [0.15, 0.2) is 76.5 Å². The average molecular weight is 453 g/mol. The summed E-state index contributed by atoms with van der Waals surface area (Å²) in [4.78, 5) is 12.3. The maximum Gasteiger partial charge on any atom is 0.160 e. The van der Waals surface area contributed by atoms with Gasteiger partial charge in [-0.05, 0) is 55.0 Å². The summed E-state index contributed by atoms with van der Waals surface area (Å²) < 4.78 is 3.38. The molecule has 2 aromatic heterocycles. The van der Waals surface area contributed by atoms with Crippen LogP contribution in [0.2, 0.25) is 0 Å². The maximum atomic E-state index is 5.13. The standard InChI is InChI=1S/C22H21BrN4S/c1-2-16-14-28-22-25-20(18-6-3-4-12-24-18)21(27(16)22)19-7-5-13-26(19)17-10-8-15(23)9-11-17/h3-13,16,20-21H,2,14H2,1H3/t16-,20-,21+/m0/s1. The van der Waals surface area contributed by atoms with E-state index in [2.05, 4.69) is 92.0 Å². The van der Waals surface area contributed by atoms with Crippen molar-refractivity contribution in [2.75, 3.05) is 5.75 Å². The van der Waals surface area contributed by atoms with Crippen molar-refractivity contribution >= 4 is 32.9 Å². The molecule has 1 saturated heterocycles. The number of amidine groups is 1. The van der Waals surface area contributed by atoms with Gasteiger partial charge < -0.3 is 9.47 Å². The van der Waals surface area contributed by atoms with Crippen LogP contribution in [0, 0.1) is 0 Å². The number of rotatable bonds is 4. The lowest BCUT2D eigenvalue weighted by Crippen LogP contribution is -2.36. The Labute approximate surface area is 177 Å². The fraction of sp³-hybridized carbons (Fsp3) is 0.273. The molecule has 5 rings (SSSR count). The van der Waals surface area contributed by atoms with E-state index in [0.29, 0.717) is 6.04 Å². The number of thioether (sulfide) groups is 1. The quantitative estimate of drug-likeness (QED) is 0.515. The highest BCUT2D eigenvalue weighted by Gasteiger charge is 2.46. The minimum atomic E-state index is 0.0159. The summed E-state index contributed by atoms with van der Waals surface area (Å²) in [6.45, 7) is 2.27. The first-order chi connectivity index (χ1) is 13.8. The summed E-state index contributed by atoms with van der Waals surface area (Å²) in [5.41, 5.74) is 3.46. The molecule has 4 heterocycles. The van der Waals surface area contributed by atoms with E-state index < -0.39 is 0 Å². The number of fused-ring (bicyclic) bond motifs is 1. The summed E-state index contributed by atoms with van der Waals surface area (Å²) in [6.07, 6.45) is 5.14. The van der Waals surface area contributed by atoms with Crippen LogP contribution < -0.4 is 0 Å². The Morgan fingerprint density at radius 1 is 1.11 bits per heavy atom. The molecule has 142 valence electrons. The van der Waals surface area contributed by atoms with Gasteiger partial charge >= 0.3 is 0 Å². The molecule has 28 heavy (non-hydrogen) atoms. The maximum absolute atomic E-state index is 5.13. The molecule has 0 saturated carbocycles. The molecule has 1 aromatic carbocycles. The molecule has 0 amide bonds. The molecular weight excluding hydrogens is 432 g/mol. The van der Waals surface area contributed by atoms with Gasteiger partial charge in [0.2, 0.25) is 0 Å². The van der Waals surface area contributed by atoms with Crippen LogP contribution >= 0.6 is 27.7 Å². The molecule has 2 aliphatic heterocycles. The Morgan fingerprint density at radius 2 is 1.96 bits per heavy atom. The van der Waals surface area contributed by atoms with Crippen LogP contribution in [0.1, 0.15) is 36.8 Å². The van der Waals surface area contributed by atoms with Crippen molar-refractivity contribution in [1.29, 1.82) is 0 Å². The Morgan fingerprint density at radius 3 is 2.71 bits per heavy atom. The molecule has 0 N–H and O–H groups in total.